The fourth-order valence-corrected chi connectivity index (χ4v) is 26.2. The quantitative estimate of drug-likeness (QED) is 0.135. The first-order valence-corrected chi connectivity index (χ1v) is 29.3. The fourth-order valence-electron chi connectivity index (χ4n) is 9.13. The molecule has 0 N–H and O–H groups in total. The molecule has 232 valence electrons. The second-order valence-electron chi connectivity index (χ2n) is 15.0. The van der Waals surface area contributed by atoms with Gasteiger partial charge >= 0.3 is 258 Å². The molecule has 4 nitrogen and oxygen atoms in total. The zero-order valence-corrected chi connectivity index (χ0v) is 30.8. The van der Waals surface area contributed by atoms with Crippen molar-refractivity contribution in [2.75, 3.05) is 0 Å². The number of carbonyl (C=O) groups is 4. The van der Waals surface area contributed by atoms with Gasteiger partial charge in [-0.3, -0.25) is 0 Å². The SMILES string of the molecule is [CH3][Ge]([CH2]CCC[CH2][Ge]([CH3])([C](=O)C1CCCCC1)[C](=O)C1CCCCC1)([C](=O)C1CCCCC1)[C](=O)C1CCCCC1. The van der Waals surface area contributed by atoms with E-state index in [0.29, 0.717) is 18.5 Å². The number of rotatable bonds is 14. The second kappa shape index (κ2) is 16.2. The molecule has 4 aliphatic carbocycles. The van der Waals surface area contributed by atoms with Gasteiger partial charge in [-0.2, -0.15) is 0 Å². The van der Waals surface area contributed by atoms with Crippen LogP contribution in [0.25, 0.3) is 0 Å². The van der Waals surface area contributed by atoms with Crippen LogP contribution in [0.3, 0.4) is 0 Å². The van der Waals surface area contributed by atoms with Crippen LogP contribution in [-0.4, -0.2) is 45.0 Å². The molecule has 0 radical (unpaired) electrons. The molecule has 4 rings (SSSR count). The molecular formula is C35H60Ge2O4. The molecule has 0 amide bonds. The zero-order chi connectivity index (χ0) is 29.3. The van der Waals surface area contributed by atoms with Crippen LogP contribution < -0.4 is 0 Å². The Morgan fingerprint density at radius 1 is 0.390 bits per heavy atom. The van der Waals surface area contributed by atoms with Crippen LogP contribution in [-0.2, 0) is 19.2 Å². The van der Waals surface area contributed by atoms with E-state index in [1.165, 1.54) is 25.7 Å². The molecule has 0 aliphatic heterocycles. The van der Waals surface area contributed by atoms with Crippen molar-refractivity contribution in [3.63, 3.8) is 0 Å². The first kappa shape index (κ1) is 33.7. The summed E-state index contributed by atoms with van der Waals surface area (Å²) in [6.07, 6.45) is 24.8. The van der Waals surface area contributed by atoms with Gasteiger partial charge in [0.25, 0.3) is 0 Å². The third-order valence-electron chi connectivity index (χ3n) is 11.9. The Bertz CT molecular complexity index is 758. The summed E-state index contributed by atoms with van der Waals surface area (Å²) in [4.78, 5) is 56.2. The fraction of sp³-hybridized carbons (Fsp3) is 0.886. The van der Waals surface area contributed by atoms with Crippen LogP contribution in [0.1, 0.15) is 148 Å². The van der Waals surface area contributed by atoms with Crippen molar-refractivity contribution in [2.45, 2.75) is 170 Å². The van der Waals surface area contributed by atoms with Crippen molar-refractivity contribution in [3.05, 3.63) is 0 Å². The second-order valence-corrected chi connectivity index (χ2v) is 32.4. The number of hydrogen-bond acceptors (Lipinski definition) is 4. The van der Waals surface area contributed by atoms with Crippen molar-refractivity contribution in [1.82, 2.24) is 0 Å². The van der Waals surface area contributed by atoms with Crippen LogP contribution in [0.4, 0.5) is 0 Å². The monoisotopic (exact) mass is 692 g/mol. The van der Waals surface area contributed by atoms with E-state index < -0.39 is 26.5 Å². The summed E-state index contributed by atoms with van der Waals surface area (Å²) in [5, 5.41) is 1.67. The normalized spacial score (nSPS) is 22.9. The third kappa shape index (κ3) is 8.48. The van der Waals surface area contributed by atoms with Crippen LogP contribution in [0.2, 0.25) is 22.0 Å². The van der Waals surface area contributed by atoms with Crippen LogP contribution >= 0.6 is 0 Å². The molecule has 0 heterocycles. The van der Waals surface area contributed by atoms with E-state index >= 15 is 0 Å². The molecule has 0 spiro atoms. The van der Waals surface area contributed by atoms with Crippen LogP contribution in [0.15, 0.2) is 0 Å². The predicted molar refractivity (Wildman–Crippen MR) is 173 cm³/mol. The Morgan fingerprint density at radius 2 is 0.610 bits per heavy atom. The molecule has 4 fully saturated rings. The Hall–Kier alpha value is -0.234. The molecule has 0 aromatic rings. The summed E-state index contributed by atoms with van der Waals surface area (Å²) in [5.41, 5.74) is 0. The van der Waals surface area contributed by atoms with Crippen molar-refractivity contribution in [1.29, 1.82) is 0 Å². The molecule has 0 bridgehead atoms. The molecule has 0 atom stereocenters. The summed E-state index contributed by atoms with van der Waals surface area (Å²) < 4.78 is 1.68. The van der Waals surface area contributed by atoms with E-state index in [-0.39, 0.29) is 23.7 Å². The number of hydrogen-bond donors (Lipinski definition) is 0. The minimum absolute atomic E-state index is 0.140. The first-order valence-electron chi connectivity index (χ1n) is 17.9. The maximum atomic E-state index is 14.0. The standard InChI is InChI=1S/C35H60Ge2O4/c1-36(32(38)28-18-8-3-9-19-28,33(39)29-20-10-4-11-21-29)26-16-7-17-27-37(2,34(40)30-22-12-5-13-23-30)35(41)31-24-14-6-15-25-31/h28-31H,3-27H2,1-2H3. The van der Waals surface area contributed by atoms with Crippen molar-refractivity contribution in [2.24, 2.45) is 23.7 Å². The predicted octanol–water partition coefficient (Wildman–Crippen LogP) is 9.07. The van der Waals surface area contributed by atoms with Crippen molar-refractivity contribution >= 4 is 45.0 Å². The minimum atomic E-state index is -3.37. The Labute approximate surface area is 256 Å². The summed E-state index contributed by atoms with van der Waals surface area (Å²) in [6.45, 7) is 0. The van der Waals surface area contributed by atoms with Gasteiger partial charge in [0.2, 0.25) is 0 Å². The summed E-state index contributed by atoms with van der Waals surface area (Å²) >= 11 is -6.75. The molecule has 0 aromatic heterocycles. The molecule has 0 aromatic carbocycles. The van der Waals surface area contributed by atoms with Crippen molar-refractivity contribution < 1.29 is 19.2 Å². The summed E-state index contributed by atoms with van der Waals surface area (Å²) in [7, 11) is 0. The van der Waals surface area contributed by atoms with E-state index in [0.717, 1.165) is 133 Å². The van der Waals surface area contributed by atoms with Gasteiger partial charge in [-0.15, -0.1) is 0 Å². The van der Waals surface area contributed by atoms with E-state index in [2.05, 4.69) is 11.5 Å². The van der Waals surface area contributed by atoms with Gasteiger partial charge in [0.1, 0.15) is 0 Å². The van der Waals surface area contributed by atoms with Crippen LogP contribution in [0, 0.1) is 23.7 Å². The van der Waals surface area contributed by atoms with Gasteiger partial charge in [-0.25, -0.2) is 0 Å². The molecule has 0 unspecified atom stereocenters. The average Bonchev–Trinajstić information content (AvgIpc) is 3.04. The molecule has 4 saturated carbocycles. The Kier molecular flexibility index (Phi) is 13.3. The van der Waals surface area contributed by atoms with Gasteiger partial charge in [0.05, 0.1) is 0 Å². The van der Waals surface area contributed by atoms with Gasteiger partial charge in [-0.1, -0.05) is 0 Å². The van der Waals surface area contributed by atoms with Crippen molar-refractivity contribution in [3.8, 4) is 0 Å². The number of unbranched alkanes of at least 4 members (excludes halogenated alkanes) is 2. The first-order chi connectivity index (χ1) is 19.8. The Morgan fingerprint density at radius 3 is 0.829 bits per heavy atom. The molecule has 41 heavy (non-hydrogen) atoms. The van der Waals surface area contributed by atoms with E-state index in [1.54, 1.807) is 0 Å². The summed E-state index contributed by atoms with van der Waals surface area (Å²) in [6, 6.07) is 0. The van der Waals surface area contributed by atoms with E-state index in [1.807, 2.05) is 0 Å². The maximum absolute atomic E-state index is 14.0. The van der Waals surface area contributed by atoms with Gasteiger partial charge in [-0.05, 0) is 0 Å². The molecular weight excluding hydrogens is 630 g/mol. The van der Waals surface area contributed by atoms with E-state index in [9.17, 15) is 19.2 Å². The number of carbonyl (C=O) groups excluding carboxylic acids is 4. The molecule has 4 aliphatic rings. The van der Waals surface area contributed by atoms with Crippen LogP contribution in [0.5, 0.6) is 0 Å². The van der Waals surface area contributed by atoms with Gasteiger partial charge < -0.3 is 0 Å². The topological polar surface area (TPSA) is 68.3 Å². The Balaban J connectivity index is 1.40. The summed E-state index contributed by atoms with van der Waals surface area (Å²) in [5.74, 6) is 4.91. The molecule has 6 heteroatoms. The van der Waals surface area contributed by atoms with E-state index in [4.69, 9.17) is 0 Å². The average molecular weight is 690 g/mol. The third-order valence-corrected chi connectivity index (χ3v) is 30.2. The van der Waals surface area contributed by atoms with Gasteiger partial charge in [0, 0.05) is 0 Å². The van der Waals surface area contributed by atoms with Gasteiger partial charge in [0.15, 0.2) is 0 Å². The zero-order valence-electron chi connectivity index (χ0n) is 26.6. The molecule has 0 saturated heterocycles.